The molecule has 170 valence electrons. The van der Waals surface area contributed by atoms with Crippen molar-refractivity contribution >= 4 is 34.8 Å². The molecule has 0 spiro atoms. The van der Waals surface area contributed by atoms with Crippen molar-refractivity contribution in [2.24, 2.45) is 0 Å². The summed E-state index contributed by atoms with van der Waals surface area (Å²) in [6.45, 7) is 2.55. The molecule has 5 rings (SSSR count). The molecule has 1 fully saturated rings. The Bertz CT molecular complexity index is 1160. The largest absolute Gasteiger partial charge is 0.439 e. The van der Waals surface area contributed by atoms with E-state index in [1.54, 1.807) is 30.5 Å². The van der Waals surface area contributed by atoms with Crippen molar-refractivity contribution in [3.8, 4) is 11.6 Å². The third kappa shape index (κ3) is 4.93. The zero-order valence-corrected chi connectivity index (χ0v) is 19.4. The first kappa shape index (κ1) is 22.0. The van der Waals surface area contributed by atoms with Crippen LogP contribution in [0.5, 0.6) is 11.6 Å². The molecular weight excluding hydrogens is 461 g/mol. The lowest BCUT2D eigenvalue weighted by molar-refractivity contribution is 0.0935. The van der Waals surface area contributed by atoms with Crippen molar-refractivity contribution in [2.75, 3.05) is 31.2 Å². The number of hydrogen-bond acceptors (Lipinski definition) is 5. The van der Waals surface area contributed by atoms with Gasteiger partial charge in [0, 0.05) is 35.4 Å². The third-order valence-corrected chi connectivity index (χ3v) is 6.39. The summed E-state index contributed by atoms with van der Waals surface area (Å²) in [5.74, 6) is 0.688. The Hall–Kier alpha value is -2.80. The molecule has 1 aromatic heterocycles. The number of nitrogens with one attached hydrogen (secondary N) is 1. The summed E-state index contributed by atoms with van der Waals surface area (Å²) in [5, 5.41) is 4.14. The number of halogens is 2. The van der Waals surface area contributed by atoms with E-state index in [1.807, 2.05) is 12.1 Å². The van der Waals surface area contributed by atoms with Gasteiger partial charge in [0.05, 0.1) is 30.5 Å². The fourth-order valence-electron chi connectivity index (χ4n) is 4.37. The van der Waals surface area contributed by atoms with Crippen molar-refractivity contribution in [3.63, 3.8) is 0 Å². The summed E-state index contributed by atoms with van der Waals surface area (Å²) < 4.78 is 11.4. The summed E-state index contributed by atoms with van der Waals surface area (Å²) >= 11 is 12.2. The van der Waals surface area contributed by atoms with E-state index in [1.165, 1.54) is 11.1 Å². The van der Waals surface area contributed by atoms with Gasteiger partial charge in [-0.2, -0.15) is 0 Å². The predicted molar refractivity (Wildman–Crippen MR) is 129 cm³/mol. The normalized spacial score (nSPS) is 17.5. The van der Waals surface area contributed by atoms with Gasteiger partial charge in [0.2, 0.25) is 5.88 Å². The van der Waals surface area contributed by atoms with E-state index in [-0.39, 0.29) is 11.9 Å². The maximum absolute atomic E-state index is 13.3. The molecule has 1 aliphatic carbocycles. The molecule has 2 heterocycles. The number of aromatic nitrogens is 1. The van der Waals surface area contributed by atoms with E-state index in [0.717, 1.165) is 18.5 Å². The van der Waals surface area contributed by atoms with Crippen LogP contribution < -0.4 is 15.0 Å². The van der Waals surface area contributed by atoms with Crippen molar-refractivity contribution < 1.29 is 14.3 Å². The number of benzene rings is 2. The summed E-state index contributed by atoms with van der Waals surface area (Å²) in [4.78, 5) is 19.9. The summed E-state index contributed by atoms with van der Waals surface area (Å²) in [6, 6.07) is 15.0. The number of hydrogen-bond donors (Lipinski definition) is 1. The molecule has 1 aliphatic heterocycles. The highest BCUT2D eigenvalue weighted by atomic mass is 35.5. The van der Waals surface area contributed by atoms with E-state index in [2.05, 4.69) is 27.3 Å². The predicted octanol–water partition coefficient (Wildman–Crippen LogP) is 5.43. The van der Waals surface area contributed by atoms with Crippen LogP contribution in [0.25, 0.3) is 0 Å². The molecule has 2 aromatic carbocycles. The lowest BCUT2D eigenvalue weighted by Gasteiger charge is -2.30. The van der Waals surface area contributed by atoms with E-state index in [0.29, 0.717) is 53.5 Å². The van der Waals surface area contributed by atoms with Crippen LogP contribution in [-0.4, -0.2) is 37.2 Å². The molecule has 1 atom stereocenters. The van der Waals surface area contributed by atoms with Crippen LogP contribution in [0.4, 0.5) is 5.69 Å². The topological polar surface area (TPSA) is 63.7 Å². The zero-order valence-electron chi connectivity index (χ0n) is 17.9. The maximum atomic E-state index is 13.3. The van der Waals surface area contributed by atoms with Gasteiger partial charge in [0.25, 0.3) is 5.91 Å². The lowest BCUT2D eigenvalue weighted by atomic mass is 10.1. The van der Waals surface area contributed by atoms with Gasteiger partial charge in [-0.3, -0.25) is 4.79 Å². The monoisotopic (exact) mass is 483 g/mol. The molecule has 1 N–H and O–H groups in total. The van der Waals surface area contributed by atoms with Crippen molar-refractivity contribution in [2.45, 2.75) is 18.9 Å². The standard InChI is InChI=1S/C25H23Cl2N3O3/c26-17-11-18(27)13-19(12-17)33-24-14-23(30-7-9-32-10-8-30)21(15-28-24)25(31)29-22-6-5-16-3-1-2-4-20(16)22/h1-4,11-15,22H,5-10H2,(H,29,31). The van der Waals surface area contributed by atoms with Gasteiger partial charge < -0.3 is 19.7 Å². The second kappa shape index (κ2) is 9.59. The lowest BCUT2D eigenvalue weighted by Crippen LogP contribution is -2.38. The fraction of sp³-hybridized carbons (Fsp3) is 0.280. The van der Waals surface area contributed by atoms with E-state index in [9.17, 15) is 4.79 Å². The Morgan fingerprint density at radius 3 is 2.64 bits per heavy atom. The van der Waals surface area contributed by atoms with Gasteiger partial charge in [0.15, 0.2) is 0 Å². The highest BCUT2D eigenvalue weighted by Gasteiger charge is 2.26. The minimum Gasteiger partial charge on any atom is -0.439 e. The van der Waals surface area contributed by atoms with Gasteiger partial charge in [-0.05, 0) is 42.2 Å². The number of amides is 1. The van der Waals surface area contributed by atoms with Gasteiger partial charge in [-0.25, -0.2) is 4.98 Å². The number of fused-ring (bicyclic) bond motifs is 1. The van der Waals surface area contributed by atoms with Crippen LogP contribution in [0.1, 0.15) is 33.9 Å². The molecule has 8 heteroatoms. The number of carbonyl (C=O) groups excluding carboxylic acids is 1. The fourth-order valence-corrected chi connectivity index (χ4v) is 4.88. The van der Waals surface area contributed by atoms with Crippen molar-refractivity contribution in [1.82, 2.24) is 10.3 Å². The Balaban J connectivity index is 1.43. The Morgan fingerprint density at radius 2 is 1.85 bits per heavy atom. The van der Waals surface area contributed by atoms with Gasteiger partial charge in [0.1, 0.15) is 5.75 Å². The average Bonchev–Trinajstić information content (AvgIpc) is 3.22. The molecule has 3 aromatic rings. The number of aryl methyl sites for hydroxylation is 1. The van der Waals surface area contributed by atoms with Gasteiger partial charge in [-0.1, -0.05) is 47.5 Å². The van der Waals surface area contributed by atoms with Crippen LogP contribution in [-0.2, 0) is 11.2 Å². The summed E-state index contributed by atoms with van der Waals surface area (Å²) in [7, 11) is 0. The molecule has 0 saturated carbocycles. The number of carbonyl (C=O) groups is 1. The highest BCUT2D eigenvalue weighted by Crippen LogP contribution is 2.33. The minimum absolute atomic E-state index is 0.00392. The number of rotatable bonds is 5. The van der Waals surface area contributed by atoms with E-state index >= 15 is 0 Å². The van der Waals surface area contributed by atoms with Gasteiger partial charge >= 0.3 is 0 Å². The molecule has 1 unspecified atom stereocenters. The Labute approximate surface area is 202 Å². The second-order valence-corrected chi connectivity index (χ2v) is 8.98. The van der Waals surface area contributed by atoms with Crippen molar-refractivity contribution in [3.05, 3.63) is 81.5 Å². The SMILES string of the molecule is O=C(NC1CCc2ccccc21)c1cnc(Oc2cc(Cl)cc(Cl)c2)cc1N1CCOCC1. The molecule has 33 heavy (non-hydrogen) atoms. The molecule has 1 amide bonds. The van der Waals surface area contributed by atoms with Crippen molar-refractivity contribution in [1.29, 1.82) is 0 Å². The molecule has 0 radical (unpaired) electrons. The number of ether oxygens (including phenoxy) is 2. The third-order valence-electron chi connectivity index (χ3n) is 5.95. The minimum atomic E-state index is -0.150. The van der Waals surface area contributed by atoms with Gasteiger partial charge in [-0.15, -0.1) is 0 Å². The number of anilines is 1. The number of morpholine rings is 1. The van der Waals surface area contributed by atoms with Crippen LogP contribution in [0.3, 0.4) is 0 Å². The Morgan fingerprint density at radius 1 is 1.09 bits per heavy atom. The van der Waals surface area contributed by atoms with Crippen LogP contribution in [0.2, 0.25) is 10.0 Å². The number of pyridine rings is 1. The zero-order chi connectivity index (χ0) is 22.8. The molecule has 1 saturated heterocycles. The van der Waals surface area contributed by atoms with E-state index < -0.39 is 0 Å². The molecule has 2 aliphatic rings. The summed E-state index contributed by atoms with van der Waals surface area (Å²) in [5.41, 5.74) is 3.75. The van der Waals surface area contributed by atoms with E-state index in [4.69, 9.17) is 32.7 Å². The van der Waals surface area contributed by atoms with Crippen LogP contribution >= 0.6 is 23.2 Å². The molecular formula is C25H23Cl2N3O3. The van der Waals surface area contributed by atoms with Crippen LogP contribution in [0.15, 0.2) is 54.7 Å². The highest BCUT2D eigenvalue weighted by molar-refractivity contribution is 6.34. The first-order valence-corrected chi connectivity index (χ1v) is 11.7. The average molecular weight is 484 g/mol. The smallest absolute Gasteiger partial charge is 0.255 e. The van der Waals surface area contributed by atoms with Crippen LogP contribution in [0, 0.1) is 0 Å². The summed E-state index contributed by atoms with van der Waals surface area (Å²) in [6.07, 6.45) is 3.43. The quantitative estimate of drug-likeness (QED) is 0.523. The first-order valence-electron chi connectivity index (χ1n) is 10.9. The Kier molecular flexibility index (Phi) is 6.40. The maximum Gasteiger partial charge on any atom is 0.255 e. The number of nitrogens with zero attached hydrogens (tertiary/aromatic N) is 2. The molecule has 0 bridgehead atoms. The molecule has 6 nitrogen and oxygen atoms in total. The first-order chi connectivity index (χ1) is 16.1. The second-order valence-electron chi connectivity index (χ2n) is 8.11.